The Balaban J connectivity index is 1.63. The predicted octanol–water partition coefficient (Wildman–Crippen LogP) is 8.14. The number of benzene rings is 3. The van der Waals surface area contributed by atoms with Gasteiger partial charge in [0.05, 0.1) is 24.3 Å². The maximum Gasteiger partial charge on any atom is 0.417 e. The molecule has 1 aliphatic rings. The van der Waals surface area contributed by atoms with E-state index in [1.807, 2.05) is 12.1 Å². The van der Waals surface area contributed by atoms with Crippen LogP contribution in [0.5, 0.6) is 0 Å². The van der Waals surface area contributed by atoms with Crippen molar-refractivity contribution in [3.8, 4) is 11.1 Å². The second-order valence-corrected chi connectivity index (χ2v) is 10.9. The first-order valence-electron chi connectivity index (χ1n) is 12.0. The first-order valence-corrected chi connectivity index (χ1v) is 12.0. The summed E-state index contributed by atoms with van der Waals surface area (Å²) in [5.74, 6) is -1.01. The highest BCUT2D eigenvalue weighted by atomic mass is 19.4. The zero-order valence-corrected chi connectivity index (χ0v) is 21.0. The number of alkyl halides is 3. The highest BCUT2D eigenvalue weighted by Crippen LogP contribution is 2.47. The normalized spacial score (nSPS) is 16.4. The Morgan fingerprint density at radius 3 is 2.03 bits per heavy atom. The largest absolute Gasteiger partial charge is 0.478 e. The topological polar surface area (TPSA) is 46.5 Å². The standard InChI is InChI=1S/C30H31F3O3/c1-28(2)13-14-29(3,4)26-16-22(10-12-25(26)28)23-15-20(7-11-24(23)30(31,32)33)18-36-17-19-5-8-21(9-6-19)27(34)35/h5-12,15-16H,13-14,17-18H2,1-4H3,(H,34,35). The molecule has 0 aromatic heterocycles. The van der Waals surface area contributed by atoms with Gasteiger partial charge in [0.1, 0.15) is 0 Å². The van der Waals surface area contributed by atoms with Crippen LogP contribution in [0.25, 0.3) is 11.1 Å². The second kappa shape index (κ2) is 9.40. The van der Waals surface area contributed by atoms with Crippen LogP contribution in [0, 0.1) is 0 Å². The van der Waals surface area contributed by atoms with E-state index in [1.165, 1.54) is 23.8 Å². The molecule has 0 atom stereocenters. The van der Waals surface area contributed by atoms with Gasteiger partial charge in [-0.15, -0.1) is 0 Å². The van der Waals surface area contributed by atoms with E-state index in [0.29, 0.717) is 11.1 Å². The van der Waals surface area contributed by atoms with Crippen molar-refractivity contribution in [1.82, 2.24) is 0 Å². The number of carboxylic acids is 1. The van der Waals surface area contributed by atoms with Gasteiger partial charge in [-0.05, 0) is 81.3 Å². The Hall–Kier alpha value is -3.12. The number of halogens is 3. The van der Waals surface area contributed by atoms with Crippen molar-refractivity contribution in [2.75, 3.05) is 0 Å². The number of carbonyl (C=O) groups is 1. The third-order valence-corrected chi connectivity index (χ3v) is 7.29. The molecular weight excluding hydrogens is 465 g/mol. The van der Waals surface area contributed by atoms with Crippen LogP contribution in [0.1, 0.15) is 78.7 Å². The first-order chi connectivity index (χ1) is 16.8. The smallest absolute Gasteiger partial charge is 0.417 e. The Morgan fingerprint density at radius 2 is 1.42 bits per heavy atom. The van der Waals surface area contributed by atoms with E-state index in [0.717, 1.165) is 30.0 Å². The minimum Gasteiger partial charge on any atom is -0.478 e. The van der Waals surface area contributed by atoms with Gasteiger partial charge in [0, 0.05) is 0 Å². The SMILES string of the molecule is CC1(C)CCC(C)(C)c2cc(-c3cc(COCc4ccc(C(=O)O)cc4)ccc3C(F)(F)F)ccc21. The van der Waals surface area contributed by atoms with E-state index in [4.69, 9.17) is 9.84 Å². The monoisotopic (exact) mass is 496 g/mol. The highest BCUT2D eigenvalue weighted by Gasteiger charge is 2.38. The second-order valence-electron chi connectivity index (χ2n) is 10.9. The molecule has 1 N–H and O–H groups in total. The summed E-state index contributed by atoms with van der Waals surface area (Å²) in [6, 6.07) is 16.2. The fraction of sp³-hybridized carbons (Fsp3) is 0.367. The molecule has 0 spiro atoms. The van der Waals surface area contributed by atoms with Gasteiger partial charge in [-0.3, -0.25) is 0 Å². The summed E-state index contributed by atoms with van der Waals surface area (Å²) in [6.45, 7) is 9.04. The number of ether oxygens (including phenoxy) is 1. The molecular formula is C30H31F3O3. The fourth-order valence-electron chi connectivity index (χ4n) is 4.95. The molecule has 0 bridgehead atoms. The van der Waals surface area contributed by atoms with Gasteiger partial charge in [0.25, 0.3) is 0 Å². The average Bonchev–Trinajstić information content (AvgIpc) is 2.81. The summed E-state index contributed by atoms with van der Waals surface area (Å²) in [7, 11) is 0. The number of rotatable bonds is 6. The molecule has 1 aliphatic carbocycles. The summed E-state index contributed by atoms with van der Waals surface area (Å²) in [4.78, 5) is 11.0. The molecule has 4 rings (SSSR count). The third kappa shape index (κ3) is 5.34. The van der Waals surface area contributed by atoms with Crippen molar-refractivity contribution >= 4 is 5.97 Å². The molecule has 36 heavy (non-hydrogen) atoms. The molecule has 0 saturated heterocycles. The van der Waals surface area contributed by atoms with Crippen LogP contribution in [0.3, 0.4) is 0 Å². The van der Waals surface area contributed by atoms with Crippen LogP contribution in [-0.2, 0) is 35.0 Å². The van der Waals surface area contributed by atoms with Gasteiger partial charge in [-0.2, -0.15) is 13.2 Å². The third-order valence-electron chi connectivity index (χ3n) is 7.29. The number of carboxylic acid groups (broad SMARTS) is 1. The lowest BCUT2D eigenvalue weighted by atomic mass is 9.63. The molecule has 0 radical (unpaired) electrons. The Morgan fingerprint density at radius 1 is 0.833 bits per heavy atom. The minimum atomic E-state index is -4.48. The lowest BCUT2D eigenvalue weighted by molar-refractivity contribution is -0.137. The zero-order chi connectivity index (χ0) is 26.3. The van der Waals surface area contributed by atoms with Crippen LogP contribution >= 0.6 is 0 Å². The van der Waals surface area contributed by atoms with E-state index in [-0.39, 0.29) is 35.2 Å². The van der Waals surface area contributed by atoms with E-state index in [1.54, 1.807) is 24.3 Å². The van der Waals surface area contributed by atoms with Crippen molar-refractivity contribution in [1.29, 1.82) is 0 Å². The molecule has 3 aromatic rings. The predicted molar refractivity (Wildman–Crippen MR) is 134 cm³/mol. The van der Waals surface area contributed by atoms with Gasteiger partial charge >= 0.3 is 12.1 Å². The molecule has 0 heterocycles. The van der Waals surface area contributed by atoms with Crippen LogP contribution in [-0.4, -0.2) is 11.1 Å². The van der Waals surface area contributed by atoms with E-state index in [2.05, 4.69) is 27.7 Å². The van der Waals surface area contributed by atoms with Crippen LogP contribution in [0.2, 0.25) is 0 Å². The van der Waals surface area contributed by atoms with Crippen LogP contribution in [0.4, 0.5) is 13.2 Å². The lowest BCUT2D eigenvalue weighted by Gasteiger charge is -2.42. The van der Waals surface area contributed by atoms with E-state index < -0.39 is 17.7 Å². The first kappa shape index (κ1) is 26.0. The number of fused-ring (bicyclic) bond motifs is 1. The summed E-state index contributed by atoms with van der Waals surface area (Å²) in [5.41, 5.74) is 3.81. The van der Waals surface area contributed by atoms with Crippen molar-refractivity contribution in [2.45, 2.75) is 70.8 Å². The maximum absolute atomic E-state index is 14.0. The molecule has 0 aliphatic heterocycles. The number of aromatic carboxylic acids is 1. The fourth-order valence-corrected chi connectivity index (χ4v) is 4.95. The molecule has 6 heteroatoms. The Kier molecular flexibility index (Phi) is 6.78. The Bertz CT molecular complexity index is 1270. The minimum absolute atomic E-state index is 0.0192. The molecule has 0 unspecified atom stereocenters. The molecule has 190 valence electrons. The lowest BCUT2D eigenvalue weighted by Crippen LogP contribution is -2.33. The molecule has 0 amide bonds. The summed E-state index contributed by atoms with van der Waals surface area (Å²) < 4.78 is 47.7. The van der Waals surface area contributed by atoms with E-state index in [9.17, 15) is 18.0 Å². The number of hydrogen-bond donors (Lipinski definition) is 1. The van der Waals surface area contributed by atoms with E-state index >= 15 is 0 Å². The van der Waals surface area contributed by atoms with Crippen LogP contribution in [0.15, 0.2) is 60.7 Å². The number of hydrogen-bond acceptors (Lipinski definition) is 2. The maximum atomic E-state index is 14.0. The highest BCUT2D eigenvalue weighted by molar-refractivity contribution is 5.87. The van der Waals surface area contributed by atoms with Gasteiger partial charge < -0.3 is 9.84 Å². The van der Waals surface area contributed by atoms with Crippen molar-refractivity contribution in [3.63, 3.8) is 0 Å². The Labute approximate surface area is 209 Å². The quantitative estimate of drug-likeness (QED) is 0.375. The van der Waals surface area contributed by atoms with Gasteiger partial charge in [-0.25, -0.2) is 4.79 Å². The summed E-state index contributed by atoms with van der Waals surface area (Å²) in [5, 5.41) is 9.01. The summed E-state index contributed by atoms with van der Waals surface area (Å²) in [6.07, 6.45) is -2.47. The van der Waals surface area contributed by atoms with Crippen molar-refractivity contribution < 1.29 is 27.8 Å². The van der Waals surface area contributed by atoms with Gasteiger partial charge in [0.2, 0.25) is 0 Å². The molecule has 3 aromatic carbocycles. The summed E-state index contributed by atoms with van der Waals surface area (Å²) >= 11 is 0. The van der Waals surface area contributed by atoms with Crippen LogP contribution < -0.4 is 0 Å². The molecule has 0 fully saturated rings. The molecule has 0 saturated carbocycles. The van der Waals surface area contributed by atoms with Gasteiger partial charge in [0.15, 0.2) is 0 Å². The zero-order valence-electron chi connectivity index (χ0n) is 21.0. The average molecular weight is 497 g/mol. The van der Waals surface area contributed by atoms with Gasteiger partial charge in [-0.1, -0.05) is 64.1 Å². The molecule has 3 nitrogen and oxygen atoms in total. The van der Waals surface area contributed by atoms with Crippen molar-refractivity contribution in [2.24, 2.45) is 0 Å². The van der Waals surface area contributed by atoms with Crippen molar-refractivity contribution in [3.05, 3.63) is 94.0 Å².